The van der Waals surface area contributed by atoms with Gasteiger partial charge in [0.2, 0.25) is 0 Å². The molecule has 0 N–H and O–H groups in total. The Bertz CT molecular complexity index is 263. The van der Waals surface area contributed by atoms with Gasteiger partial charge in [0, 0.05) is 0 Å². The molecule has 0 saturated heterocycles. The van der Waals surface area contributed by atoms with E-state index in [-0.39, 0.29) is 6.61 Å². The van der Waals surface area contributed by atoms with Crippen molar-refractivity contribution in [2.24, 2.45) is 0 Å². The number of likely N-dealkylation sites (N-methyl/N-ethyl adjacent to an activating group) is 1. The highest BCUT2D eigenvalue weighted by Gasteiger charge is 2.30. The van der Waals surface area contributed by atoms with Crippen molar-refractivity contribution in [1.29, 1.82) is 0 Å². The summed E-state index contributed by atoms with van der Waals surface area (Å²) in [5.41, 5.74) is 0. The fraction of sp³-hybridized carbons (Fsp3) is 1.00. The van der Waals surface area contributed by atoms with E-state index in [0.717, 1.165) is 0 Å². The van der Waals surface area contributed by atoms with Crippen LogP contribution in [0.4, 0.5) is 13.2 Å². The fourth-order valence-corrected chi connectivity index (χ4v) is 1.30. The molecule has 0 bridgehead atoms. The van der Waals surface area contributed by atoms with Crippen LogP contribution in [-0.2, 0) is 13.6 Å². The molecule has 1 atom stereocenters. The molecule has 1 unspecified atom stereocenters. The molecule has 0 radical (unpaired) electrons. The third kappa shape index (κ3) is 10.4. The summed E-state index contributed by atoms with van der Waals surface area (Å²) in [4.78, 5) is 10.8. The smallest absolute Gasteiger partial charge is 0.412 e. The molecular weight excluding hydrogens is 250 g/mol. The zero-order valence-corrected chi connectivity index (χ0v) is 10.2. The Hall–Kier alpha value is -0.140. The van der Waals surface area contributed by atoms with E-state index in [1.165, 1.54) is 0 Å². The van der Waals surface area contributed by atoms with E-state index in [9.17, 15) is 22.6 Å². The highest BCUT2D eigenvalue weighted by atomic mass is 31.2. The molecule has 0 aromatic rings. The lowest BCUT2D eigenvalue weighted by Gasteiger charge is -2.27. The molecule has 0 aromatic carbocycles. The first-order valence-corrected chi connectivity index (χ1v) is 5.85. The monoisotopic (exact) mass is 265 g/mol. The van der Waals surface area contributed by atoms with Gasteiger partial charge in [-0.3, -0.25) is 4.57 Å². The van der Waals surface area contributed by atoms with Gasteiger partial charge in [0.15, 0.2) is 6.61 Å². The molecule has 0 aliphatic carbocycles. The van der Waals surface area contributed by atoms with Gasteiger partial charge in [-0.15, -0.1) is 0 Å². The number of halogens is 3. The molecule has 0 spiro atoms. The molecule has 98 valence electrons. The first kappa shape index (κ1) is 15.9. The van der Waals surface area contributed by atoms with E-state index in [2.05, 4.69) is 9.05 Å². The second-order valence-corrected chi connectivity index (χ2v) is 5.59. The summed E-state index contributed by atoms with van der Waals surface area (Å²) >= 11 is 0. The SMILES string of the molecule is C[N+](C)(C)CCOP(=O)([O-])OCC(F)(F)F. The van der Waals surface area contributed by atoms with Crippen molar-refractivity contribution < 1.29 is 36.2 Å². The topological polar surface area (TPSA) is 58.6 Å². The van der Waals surface area contributed by atoms with Gasteiger partial charge in [-0.25, -0.2) is 0 Å². The van der Waals surface area contributed by atoms with E-state index >= 15 is 0 Å². The van der Waals surface area contributed by atoms with Crippen LogP contribution in [0.5, 0.6) is 0 Å². The predicted molar refractivity (Wildman–Crippen MR) is 48.5 cm³/mol. The van der Waals surface area contributed by atoms with Crippen LogP contribution in [0.25, 0.3) is 0 Å². The lowest BCUT2D eigenvalue weighted by molar-refractivity contribution is -0.870. The van der Waals surface area contributed by atoms with Crippen LogP contribution >= 0.6 is 7.82 Å². The quantitative estimate of drug-likeness (QED) is 0.525. The standard InChI is InChI=1S/C7H15F3NO4P/c1-11(2,3)4-5-14-16(12,13)15-6-7(8,9)10/h4-6H2,1-3H3. The van der Waals surface area contributed by atoms with Gasteiger partial charge in [-0.2, -0.15) is 13.2 Å². The normalized spacial score (nSPS) is 17.2. The van der Waals surface area contributed by atoms with Gasteiger partial charge in [0.1, 0.15) is 13.2 Å². The summed E-state index contributed by atoms with van der Waals surface area (Å²) in [5.74, 6) is 0. The van der Waals surface area contributed by atoms with Gasteiger partial charge >= 0.3 is 6.18 Å². The minimum Gasteiger partial charge on any atom is -0.756 e. The summed E-state index contributed by atoms with van der Waals surface area (Å²) in [5, 5.41) is 0. The van der Waals surface area contributed by atoms with Crippen LogP contribution in [0.1, 0.15) is 0 Å². The zero-order chi connectivity index (χ0) is 13.0. The van der Waals surface area contributed by atoms with E-state index in [1.54, 1.807) is 21.1 Å². The van der Waals surface area contributed by atoms with Gasteiger partial charge in [-0.1, -0.05) is 0 Å². The first-order valence-electron chi connectivity index (χ1n) is 4.39. The second-order valence-electron chi connectivity index (χ2n) is 4.18. The van der Waals surface area contributed by atoms with Crippen LogP contribution in [0, 0.1) is 0 Å². The molecule has 0 heterocycles. The van der Waals surface area contributed by atoms with Gasteiger partial charge in [-0.05, 0) is 0 Å². The molecule has 0 amide bonds. The number of rotatable bonds is 6. The Morgan fingerprint density at radius 1 is 1.25 bits per heavy atom. The molecule has 0 aromatic heterocycles. The van der Waals surface area contributed by atoms with Crippen molar-refractivity contribution in [2.45, 2.75) is 6.18 Å². The molecule has 16 heavy (non-hydrogen) atoms. The number of nitrogens with zero attached hydrogens (tertiary/aromatic N) is 1. The van der Waals surface area contributed by atoms with Crippen molar-refractivity contribution in [3.05, 3.63) is 0 Å². The highest BCUT2D eigenvalue weighted by molar-refractivity contribution is 7.45. The Balaban J connectivity index is 3.93. The van der Waals surface area contributed by atoms with Crippen LogP contribution in [0.2, 0.25) is 0 Å². The van der Waals surface area contributed by atoms with Crippen molar-refractivity contribution in [3.8, 4) is 0 Å². The van der Waals surface area contributed by atoms with E-state index in [1.807, 2.05) is 0 Å². The minimum absolute atomic E-state index is 0.220. The number of quaternary nitrogens is 1. The fourth-order valence-electron chi connectivity index (χ4n) is 0.616. The highest BCUT2D eigenvalue weighted by Crippen LogP contribution is 2.39. The average molecular weight is 265 g/mol. The molecule has 5 nitrogen and oxygen atoms in total. The maximum Gasteiger partial charge on any atom is 0.412 e. The third-order valence-corrected chi connectivity index (χ3v) is 2.34. The largest absolute Gasteiger partial charge is 0.756 e. The number of phosphoric ester groups is 1. The lowest BCUT2D eigenvalue weighted by Crippen LogP contribution is -2.37. The summed E-state index contributed by atoms with van der Waals surface area (Å²) in [7, 11) is 0.507. The second kappa shape index (κ2) is 5.46. The lowest BCUT2D eigenvalue weighted by atomic mass is 10.5. The molecule has 9 heteroatoms. The van der Waals surface area contributed by atoms with E-state index < -0.39 is 20.6 Å². The molecule has 0 fully saturated rings. The van der Waals surface area contributed by atoms with Gasteiger partial charge in [0.05, 0.1) is 21.1 Å². The maximum atomic E-state index is 11.7. The number of hydrogen-bond acceptors (Lipinski definition) is 4. The zero-order valence-electron chi connectivity index (χ0n) is 9.28. The van der Waals surface area contributed by atoms with Crippen molar-refractivity contribution in [1.82, 2.24) is 0 Å². The van der Waals surface area contributed by atoms with Crippen LogP contribution in [-0.4, -0.2) is 51.6 Å². The summed E-state index contributed by atoms with van der Waals surface area (Å²) in [6.45, 7) is -1.75. The van der Waals surface area contributed by atoms with Crippen LogP contribution in [0.3, 0.4) is 0 Å². The Morgan fingerprint density at radius 2 is 1.75 bits per heavy atom. The Labute approximate surface area is 92.0 Å². The summed E-state index contributed by atoms with van der Waals surface area (Å²) in [6.07, 6.45) is -4.69. The molecule has 0 rings (SSSR count). The molecule has 0 aliphatic rings. The van der Waals surface area contributed by atoms with E-state index in [4.69, 9.17) is 0 Å². The van der Waals surface area contributed by atoms with Crippen LogP contribution < -0.4 is 4.89 Å². The third-order valence-electron chi connectivity index (χ3n) is 1.40. The summed E-state index contributed by atoms with van der Waals surface area (Å²) in [6, 6.07) is 0. The Morgan fingerprint density at radius 3 is 2.12 bits per heavy atom. The van der Waals surface area contributed by atoms with E-state index in [0.29, 0.717) is 11.0 Å². The minimum atomic E-state index is -4.86. The number of alkyl halides is 3. The molecule has 0 aliphatic heterocycles. The average Bonchev–Trinajstić information content (AvgIpc) is 1.97. The predicted octanol–water partition coefficient (Wildman–Crippen LogP) is 0.756. The number of phosphoric acid groups is 1. The van der Waals surface area contributed by atoms with Crippen molar-refractivity contribution in [2.75, 3.05) is 40.9 Å². The van der Waals surface area contributed by atoms with Gasteiger partial charge < -0.3 is 18.4 Å². The maximum absolute atomic E-state index is 11.7. The van der Waals surface area contributed by atoms with Crippen LogP contribution in [0.15, 0.2) is 0 Å². The number of hydrogen-bond donors (Lipinski definition) is 0. The first-order chi connectivity index (χ1) is 6.91. The molecule has 0 saturated carbocycles. The van der Waals surface area contributed by atoms with Crippen molar-refractivity contribution in [3.63, 3.8) is 0 Å². The van der Waals surface area contributed by atoms with Gasteiger partial charge in [0.25, 0.3) is 7.82 Å². The van der Waals surface area contributed by atoms with Crippen molar-refractivity contribution >= 4 is 7.82 Å². The Kier molecular flexibility index (Phi) is 5.41. The summed E-state index contributed by atoms with van der Waals surface area (Å²) < 4.78 is 54.1. The molecular formula is C7H15F3NO4P.